The van der Waals surface area contributed by atoms with Crippen molar-refractivity contribution in [3.05, 3.63) is 34.9 Å². The summed E-state index contributed by atoms with van der Waals surface area (Å²) < 4.78 is 35.6. The van der Waals surface area contributed by atoms with E-state index in [-0.39, 0.29) is 6.54 Å². The molecule has 0 saturated heterocycles. The summed E-state index contributed by atoms with van der Waals surface area (Å²) in [5.41, 5.74) is 3.06. The largest absolute Gasteiger partial charge is 0.401 e. The van der Waals surface area contributed by atoms with Gasteiger partial charge in [-0.25, -0.2) is 0 Å². The van der Waals surface area contributed by atoms with Crippen LogP contribution in [0.15, 0.2) is 18.2 Å². The molecule has 0 spiro atoms. The fourth-order valence-corrected chi connectivity index (χ4v) is 1.34. The third-order valence-corrected chi connectivity index (χ3v) is 2.36. The lowest BCUT2D eigenvalue weighted by Gasteiger charge is -2.11. The highest BCUT2D eigenvalue weighted by Crippen LogP contribution is 2.15. The van der Waals surface area contributed by atoms with Gasteiger partial charge in [0.25, 0.3) is 0 Å². The Hall–Kier alpha value is -1.03. The van der Waals surface area contributed by atoms with Crippen LogP contribution in [0.4, 0.5) is 13.2 Å². The van der Waals surface area contributed by atoms with Crippen LogP contribution < -0.4 is 5.32 Å². The maximum atomic E-state index is 11.9. The molecule has 84 valence electrons. The van der Waals surface area contributed by atoms with Crippen molar-refractivity contribution in [1.82, 2.24) is 5.32 Å². The SMILES string of the molecule is Cc1cccc(CNCC(F)(F)F)c1C. The highest BCUT2D eigenvalue weighted by atomic mass is 19.4. The number of hydrogen-bond donors (Lipinski definition) is 1. The molecule has 0 aliphatic carbocycles. The quantitative estimate of drug-likeness (QED) is 0.820. The van der Waals surface area contributed by atoms with Crippen molar-refractivity contribution in [3.63, 3.8) is 0 Å². The summed E-state index contributed by atoms with van der Waals surface area (Å²) in [7, 11) is 0. The van der Waals surface area contributed by atoms with E-state index in [0.29, 0.717) is 0 Å². The number of alkyl halides is 3. The molecule has 15 heavy (non-hydrogen) atoms. The number of benzene rings is 1. The molecule has 0 unspecified atom stereocenters. The number of halogens is 3. The minimum absolute atomic E-state index is 0.257. The molecule has 0 fully saturated rings. The molecule has 0 aliphatic heterocycles. The summed E-state index contributed by atoms with van der Waals surface area (Å²) in [5.74, 6) is 0. The van der Waals surface area contributed by atoms with Gasteiger partial charge in [0.1, 0.15) is 0 Å². The zero-order valence-electron chi connectivity index (χ0n) is 8.78. The van der Waals surface area contributed by atoms with Crippen LogP contribution in [0.25, 0.3) is 0 Å². The van der Waals surface area contributed by atoms with Gasteiger partial charge in [-0.15, -0.1) is 0 Å². The van der Waals surface area contributed by atoms with Crippen LogP contribution in [-0.2, 0) is 6.54 Å². The van der Waals surface area contributed by atoms with Gasteiger partial charge in [0, 0.05) is 6.54 Å². The minimum atomic E-state index is -4.14. The normalized spacial score (nSPS) is 11.8. The molecule has 1 aromatic rings. The maximum absolute atomic E-state index is 11.9. The molecule has 1 N–H and O–H groups in total. The van der Waals surface area contributed by atoms with E-state index < -0.39 is 12.7 Å². The lowest BCUT2D eigenvalue weighted by Crippen LogP contribution is -2.28. The van der Waals surface area contributed by atoms with Crippen molar-refractivity contribution in [3.8, 4) is 0 Å². The van der Waals surface area contributed by atoms with Crippen LogP contribution in [0.1, 0.15) is 16.7 Å². The highest BCUT2D eigenvalue weighted by molar-refractivity contribution is 5.32. The Morgan fingerprint density at radius 3 is 2.47 bits per heavy atom. The van der Waals surface area contributed by atoms with Crippen LogP contribution in [-0.4, -0.2) is 12.7 Å². The predicted molar refractivity (Wildman–Crippen MR) is 53.7 cm³/mol. The second-order valence-corrected chi connectivity index (χ2v) is 3.58. The topological polar surface area (TPSA) is 12.0 Å². The average Bonchev–Trinajstić information content (AvgIpc) is 2.10. The lowest BCUT2D eigenvalue weighted by atomic mass is 10.0. The fraction of sp³-hybridized carbons (Fsp3) is 0.455. The zero-order valence-corrected chi connectivity index (χ0v) is 8.78. The van der Waals surface area contributed by atoms with Crippen LogP contribution in [0, 0.1) is 13.8 Å². The Bertz CT molecular complexity index is 331. The Labute approximate surface area is 87.3 Å². The van der Waals surface area contributed by atoms with Crippen LogP contribution in [0.5, 0.6) is 0 Å². The maximum Gasteiger partial charge on any atom is 0.401 e. The van der Waals surface area contributed by atoms with Gasteiger partial charge < -0.3 is 5.32 Å². The van der Waals surface area contributed by atoms with Gasteiger partial charge in [-0.3, -0.25) is 0 Å². The molecule has 0 atom stereocenters. The van der Waals surface area contributed by atoms with E-state index in [2.05, 4.69) is 5.32 Å². The Kier molecular flexibility index (Phi) is 3.74. The van der Waals surface area contributed by atoms with E-state index in [1.807, 2.05) is 32.0 Å². The molecule has 0 amide bonds. The smallest absolute Gasteiger partial charge is 0.305 e. The Morgan fingerprint density at radius 1 is 1.20 bits per heavy atom. The van der Waals surface area contributed by atoms with Crippen molar-refractivity contribution in [2.45, 2.75) is 26.6 Å². The molecule has 1 nitrogen and oxygen atoms in total. The number of rotatable bonds is 3. The number of hydrogen-bond acceptors (Lipinski definition) is 1. The van der Waals surface area contributed by atoms with Gasteiger partial charge in [0.15, 0.2) is 0 Å². The first kappa shape index (κ1) is 12.0. The molecule has 0 aliphatic rings. The first-order chi connectivity index (χ1) is 6.90. The predicted octanol–water partition coefficient (Wildman–Crippen LogP) is 2.96. The molecule has 1 rings (SSSR count). The van der Waals surface area contributed by atoms with E-state index in [0.717, 1.165) is 16.7 Å². The van der Waals surface area contributed by atoms with Crippen molar-refractivity contribution in [2.75, 3.05) is 6.54 Å². The first-order valence-corrected chi connectivity index (χ1v) is 4.73. The molecule has 0 aromatic heterocycles. The number of nitrogens with one attached hydrogen (secondary N) is 1. The van der Waals surface area contributed by atoms with E-state index in [9.17, 15) is 13.2 Å². The Morgan fingerprint density at radius 2 is 1.87 bits per heavy atom. The highest BCUT2D eigenvalue weighted by Gasteiger charge is 2.26. The third-order valence-electron chi connectivity index (χ3n) is 2.36. The summed E-state index contributed by atoms with van der Waals surface area (Å²) in [5, 5.41) is 2.38. The standard InChI is InChI=1S/C11H14F3N/c1-8-4-3-5-10(9(8)2)6-15-7-11(12,13)14/h3-5,15H,6-7H2,1-2H3. The summed E-state index contributed by atoms with van der Waals surface area (Å²) >= 11 is 0. The second-order valence-electron chi connectivity index (χ2n) is 3.58. The minimum Gasteiger partial charge on any atom is -0.305 e. The van der Waals surface area contributed by atoms with E-state index in [1.165, 1.54) is 0 Å². The van der Waals surface area contributed by atoms with Crippen molar-refractivity contribution < 1.29 is 13.2 Å². The second kappa shape index (κ2) is 4.66. The van der Waals surface area contributed by atoms with Crippen LogP contribution in [0.2, 0.25) is 0 Å². The van der Waals surface area contributed by atoms with Crippen LogP contribution >= 0.6 is 0 Å². The summed E-state index contributed by atoms with van der Waals surface area (Å²) in [6, 6.07) is 5.64. The van der Waals surface area contributed by atoms with Crippen LogP contribution in [0.3, 0.4) is 0 Å². The lowest BCUT2D eigenvalue weighted by molar-refractivity contribution is -0.125. The molecule has 0 radical (unpaired) electrons. The van der Waals surface area contributed by atoms with Gasteiger partial charge in [-0.2, -0.15) is 13.2 Å². The third kappa shape index (κ3) is 3.91. The van der Waals surface area contributed by atoms with Gasteiger partial charge in [0.2, 0.25) is 0 Å². The summed E-state index contributed by atoms with van der Waals surface area (Å²) in [4.78, 5) is 0. The van der Waals surface area contributed by atoms with E-state index >= 15 is 0 Å². The zero-order chi connectivity index (χ0) is 11.5. The fourth-order valence-electron chi connectivity index (χ4n) is 1.34. The van der Waals surface area contributed by atoms with Gasteiger partial charge in [0.05, 0.1) is 6.54 Å². The monoisotopic (exact) mass is 217 g/mol. The van der Waals surface area contributed by atoms with E-state index in [1.54, 1.807) is 0 Å². The molecule has 0 bridgehead atoms. The number of aryl methyl sites for hydroxylation is 1. The summed E-state index contributed by atoms with van der Waals surface area (Å²) in [6.07, 6.45) is -4.14. The van der Waals surface area contributed by atoms with Gasteiger partial charge in [-0.1, -0.05) is 18.2 Å². The van der Waals surface area contributed by atoms with Crippen molar-refractivity contribution >= 4 is 0 Å². The molecule has 0 saturated carbocycles. The molecule has 4 heteroatoms. The summed E-state index contributed by atoms with van der Waals surface area (Å²) in [6.45, 7) is 3.18. The molecule has 0 heterocycles. The first-order valence-electron chi connectivity index (χ1n) is 4.73. The van der Waals surface area contributed by atoms with Gasteiger partial charge >= 0.3 is 6.18 Å². The molecular weight excluding hydrogens is 203 g/mol. The van der Waals surface area contributed by atoms with Crippen molar-refractivity contribution in [1.29, 1.82) is 0 Å². The van der Waals surface area contributed by atoms with E-state index in [4.69, 9.17) is 0 Å². The molecule has 1 aromatic carbocycles. The molecular formula is C11H14F3N. The van der Waals surface area contributed by atoms with Gasteiger partial charge in [-0.05, 0) is 30.5 Å². The van der Waals surface area contributed by atoms with Crippen molar-refractivity contribution in [2.24, 2.45) is 0 Å². The Balaban J connectivity index is 2.55. The average molecular weight is 217 g/mol.